The molecule has 0 fully saturated rings. The van der Waals surface area contributed by atoms with Crippen molar-refractivity contribution in [2.24, 2.45) is 0 Å². The number of likely N-dealkylation sites (N-methyl/N-ethyl adjacent to an activating group) is 1. The van der Waals surface area contributed by atoms with Crippen molar-refractivity contribution in [2.75, 3.05) is 41.3 Å². The molecule has 0 bridgehead atoms. The van der Waals surface area contributed by atoms with E-state index in [9.17, 15) is 5.11 Å². The molecule has 0 saturated carbocycles. The monoisotopic (exact) mass is 204 g/mol. The summed E-state index contributed by atoms with van der Waals surface area (Å²) in [4.78, 5) is 4.09. The van der Waals surface area contributed by atoms with Crippen LogP contribution < -0.4 is 0 Å². The van der Waals surface area contributed by atoms with Crippen molar-refractivity contribution in [3.63, 3.8) is 0 Å². The molecule has 0 radical (unpaired) electrons. The van der Waals surface area contributed by atoms with Gasteiger partial charge in [-0.05, 0) is 47.6 Å². The van der Waals surface area contributed by atoms with Crippen molar-refractivity contribution >= 4 is 0 Å². The highest BCUT2D eigenvalue weighted by Gasteiger charge is 2.19. The molecule has 0 amide bonds. The van der Waals surface area contributed by atoms with Gasteiger partial charge in [-0.25, -0.2) is 0 Å². The molecule has 4 nitrogen and oxygen atoms in total. The van der Waals surface area contributed by atoms with E-state index in [2.05, 4.69) is 4.90 Å². The molecule has 14 heavy (non-hydrogen) atoms. The Balaban J connectivity index is 3.85. The first-order valence-electron chi connectivity index (χ1n) is 5.09. The molecule has 0 aliphatic heterocycles. The molecule has 4 heteroatoms. The maximum absolute atomic E-state index is 9.55. The van der Waals surface area contributed by atoms with Gasteiger partial charge in [0.1, 0.15) is 0 Å². The summed E-state index contributed by atoms with van der Waals surface area (Å²) in [6, 6.07) is 0.0555. The maximum Gasteiger partial charge on any atom is 0.0925 e. The molecular formula is C10H24N2O2. The van der Waals surface area contributed by atoms with E-state index in [4.69, 9.17) is 5.11 Å². The molecule has 0 aliphatic carbocycles. The molecular weight excluding hydrogens is 180 g/mol. The van der Waals surface area contributed by atoms with Gasteiger partial charge in [0, 0.05) is 6.04 Å². The van der Waals surface area contributed by atoms with Crippen LogP contribution >= 0.6 is 0 Å². The highest BCUT2D eigenvalue weighted by molar-refractivity contribution is 4.75. The molecule has 0 aromatic carbocycles. The molecule has 2 unspecified atom stereocenters. The molecule has 0 saturated heterocycles. The molecule has 2 atom stereocenters. The third-order valence-electron chi connectivity index (χ3n) is 2.40. The van der Waals surface area contributed by atoms with E-state index < -0.39 is 6.10 Å². The first-order chi connectivity index (χ1) is 6.49. The van der Waals surface area contributed by atoms with Gasteiger partial charge in [-0.2, -0.15) is 0 Å². The summed E-state index contributed by atoms with van der Waals surface area (Å²) in [6.07, 6.45) is 1.31. The van der Waals surface area contributed by atoms with Crippen molar-refractivity contribution < 1.29 is 10.2 Å². The summed E-state index contributed by atoms with van der Waals surface area (Å²) in [6.45, 7) is 0.854. The lowest BCUT2D eigenvalue weighted by Crippen LogP contribution is -2.41. The number of rotatable bonds is 7. The highest BCUT2D eigenvalue weighted by Crippen LogP contribution is 2.08. The topological polar surface area (TPSA) is 46.9 Å². The van der Waals surface area contributed by atoms with Crippen LogP contribution in [0.25, 0.3) is 0 Å². The average Bonchev–Trinajstić information content (AvgIpc) is 2.10. The minimum atomic E-state index is -0.632. The van der Waals surface area contributed by atoms with Crippen molar-refractivity contribution in [1.82, 2.24) is 9.80 Å². The summed E-state index contributed by atoms with van der Waals surface area (Å²) < 4.78 is 0. The summed E-state index contributed by atoms with van der Waals surface area (Å²) >= 11 is 0. The Labute approximate surface area is 87.1 Å². The second kappa shape index (κ2) is 7.17. The molecule has 0 aromatic heterocycles. The molecule has 0 aromatic rings. The van der Waals surface area contributed by atoms with E-state index in [0.29, 0.717) is 0 Å². The van der Waals surface area contributed by atoms with Gasteiger partial charge in [0.15, 0.2) is 0 Å². The fraction of sp³-hybridized carbons (Fsp3) is 1.00. The van der Waals surface area contributed by atoms with Gasteiger partial charge >= 0.3 is 0 Å². The summed E-state index contributed by atoms with van der Waals surface area (Å²) in [7, 11) is 7.93. The lowest BCUT2D eigenvalue weighted by molar-refractivity contribution is 0.0238. The third kappa shape index (κ3) is 5.54. The zero-order valence-corrected chi connectivity index (χ0v) is 9.77. The lowest BCUT2D eigenvalue weighted by atomic mass is 10.0. The fourth-order valence-corrected chi connectivity index (χ4v) is 1.53. The third-order valence-corrected chi connectivity index (χ3v) is 2.40. The first-order valence-corrected chi connectivity index (χ1v) is 5.09. The van der Waals surface area contributed by atoms with Crippen LogP contribution in [-0.4, -0.2) is 73.5 Å². The van der Waals surface area contributed by atoms with Crippen molar-refractivity contribution in [2.45, 2.75) is 25.0 Å². The van der Waals surface area contributed by atoms with Gasteiger partial charge in [0.05, 0.1) is 12.7 Å². The SMILES string of the molecule is CN(C)CCCC(C(O)CO)N(C)C. The Bertz CT molecular complexity index is 140. The van der Waals surface area contributed by atoms with Crippen LogP contribution in [-0.2, 0) is 0 Å². The second-order valence-electron chi connectivity index (χ2n) is 4.23. The number of aliphatic hydroxyl groups is 2. The predicted octanol–water partition coefficient (Wildman–Crippen LogP) is -0.388. The van der Waals surface area contributed by atoms with Gasteiger partial charge in [-0.15, -0.1) is 0 Å². The Kier molecular flexibility index (Phi) is 7.09. The van der Waals surface area contributed by atoms with Crippen LogP contribution in [0.1, 0.15) is 12.8 Å². The number of aliphatic hydroxyl groups excluding tert-OH is 2. The van der Waals surface area contributed by atoms with E-state index >= 15 is 0 Å². The van der Waals surface area contributed by atoms with Crippen LogP contribution in [0.4, 0.5) is 0 Å². The van der Waals surface area contributed by atoms with E-state index in [1.54, 1.807) is 0 Å². The van der Waals surface area contributed by atoms with E-state index in [1.807, 2.05) is 33.1 Å². The zero-order chi connectivity index (χ0) is 11.1. The van der Waals surface area contributed by atoms with Crippen LogP contribution in [0.5, 0.6) is 0 Å². The Morgan fingerprint density at radius 2 is 1.71 bits per heavy atom. The number of hydrogen-bond acceptors (Lipinski definition) is 4. The predicted molar refractivity (Wildman–Crippen MR) is 58.4 cm³/mol. The van der Waals surface area contributed by atoms with Crippen LogP contribution in [0.3, 0.4) is 0 Å². The van der Waals surface area contributed by atoms with Gasteiger partial charge < -0.3 is 20.0 Å². The normalized spacial score (nSPS) is 16.3. The van der Waals surface area contributed by atoms with Crippen molar-refractivity contribution in [3.05, 3.63) is 0 Å². The minimum absolute atomic E-state index is 0.0555. The van der Waals surface area contributed by atoms with Gasteiger partial charge in [-0.3, -0.25) is 0 Å². The summed E-state index contributed by atoms with van der Waals surface area (Å²) in [5, 5.41) is 18.4. The van der Waals surface area contributed by atoms with Crippen LogP contribution in [0, 0.1) is 0 Å². The standard InChI is InChI=1S/C10H24N2O2/c1-11(2)7-5-6-9(12(3)4)10(14)8-13/h9-10,13-14H,5-8H2,1-4H3. The maximum atomic E-state index is 9.55. The number of nitrogens with zero attached hydrogens (tertiary/aromatic N) is 2. The largest absolute Gasteiger partial charge is 0.394 e. The van der Waals surface area contributed by atoms with Crippen LogP contribution in [0.2, 0.25) is 0 Å². The van der Waals surface area contributed by atoms with Crippen molar-refractivity contribution in [3.8, 4) is 0 Å². The Morgan fingerprint density at radius 3 is 2.07 bits per heavy atom. The Hall–Kier alpha value is -0.160. The van der Waals surface area contributed by atoms with Gasteiger partial charge in [0.25, 0.3) is 0 Å². The second-order valence-corrected chi connectivity index (χ2v) is 4.23. The average molecular weight is 204 g/mol. The molecule has 0 heterocycles. The molecule has 86 valence electrons. The Morgan fingerprint density at radius 1 is 1.14 bits per heavy atom. The molecule has 2 N–H and O–H groups in total. The quantitative estimate of drug-likeness (QED) is 0.593. The van der Waals surface area contributed by atoms with Crippen molar-refractivity contribution in [1.29, 1.82) is 0 Å². The number of hydrogen-bond donors (Lipinski definition) is 2. The molecule has 0 rings (SSSR count). The lowest BCUT2D eigenvalue weighted by Gasteiger charge is -2.28. The van der Waals surface area contributed by atoms with E-state index in [1.165, 1.54) is 0 Å². The minimum Gasteiger partial charge on any atom is -0.394 e. The summed E-state index contributed by atoms with van der Waals surface area (Å²) in [5.74, 6) is 0. The van der Waals surface area contributed by atoms with Gasteiger partial charge in [-0.1, -0.05) is 0 Å². The van der Waals surface area contributed by atoms with E-state index in [0.717, 1.165) is 19.4 Å². The van der Waals surface area contributed by atoms with Gasteiger partial charge in [0.2, 0.25) is 0 Å². The fourth-order valence-electron chi connectivity index (χ4n) is 1.53. The van der Waals surface area contributed by atoms with E-state index in [-0.39, 0.29) is 12.6 Å². The molecule has 0 spiro atoms. The summed E-state index contributed by atoms with van der Waals surface area (Å²) in [5.41, 5.74) is 0. The zero-order valence-electron chi connectivity index (χ0n) is 9.77. The molecule has 0 aliphatic rings. The highest BCUT2D eigenvalue weighted by atomic mass is 16.3. The smallest absolute Gasteiger partial charge is 0.0925 e. The van der Waals surface area contributed by atoms with Crippen LogP contribution in [0.15, 0.2) is 0 Å². The first kappa shape index (κ1) is 13.8.